The van der Waals surface area contributed by atoms with Crippen molar-refractivity contribution in [1.82, 2.24) is 9.97 Å². The first-order chi connectivity index (χ1) is 8.72. The van der Waals surface area contributed by atoms with Gasteiger partial charge in [-0.1, -0.05) is 0 Å². The lowest BCUT2D eigenvalue weighted by atomic mass is 10.2. The zero-order valence-electron chi connectivity index (χ0n) is 9.07. The van der Waals surface area contributed by atoms with Gasteiger partial charge in [0.15, 0.2) is 11.5 Å². The van der Waals surface area contributed by atoms with Crippen LogP contribution in [0.5, 0.6) is 11.5 Å². The van der Waals surface area contributed by atoms with E-state index in [2.05, 4.69) is 9.97 Å². The molecule has 0 aliphatic rings. The molecule has 0 fully saturated rings. The number of ether oxygens (including phenoxy) is 1. The Bertz CT molecular complexity index is 634. The second kappa shape index (κ2) is 4.93. The minimum atomic E-state index is -1.13. The molecule has 0 atom stereocenters. The number of aromatic nitrogens is 2. The van der Waals surface area contributed by atoms with Crippen LogP contribution in [0.1, 0.15) is 15.9 Å². The van der Waals surface area contributed by atoms with Gasteiger partial charge in [-0.25, -0.2) is 4.79 Å². The third kappa shape index (κ3) is 2.25. The largest absolute Gasteiger partial charge is 0.478 e. The second-order valence-electron chi connectivity index (χ2n) is 3.26. The van der Waals surface area contributed by atoms with E-state index in [9.17, 15) is 4.79 Å². The van der Waals surface area contributed by atoms with Gasteiger partial charge in [0.2, 0.25) is 0 Å². The lowest BCUT2D eigenvalue weighted by Crippen LogP contribution is -2.01. The summed E-state index contributed by atoms with van der Waals surface area (Å²) >= 11 is 0. The summed E-state index contributed by atoms with van der Waals surface area (Å²) in [4.78, 5) is 18.6. The van der Waals surface area contributed by atoms with Gasteiger partial charge in [-0.05, 0) is 12.1 Å². The predicted molar refractivity (Wildman–Crippen MR) is 60.2 cm³/mol. The summed E-state index contributed by atoms with van der Waals surface area (Å²) in [7, 11) is 0. The Morgan fingerprint density at radius 1 is 1.22 bits per heavy atom. The highest BCUT2D eigenvalue weighted by Gasteiger charge is 2.13. The molecule has 0 saturated carbocycles. The Morgan fingerprint density at radius 3 is 2.56 bits per heavy atom. The molecule has 88 valence electrons. The van der Waals surface area contributed by atoms with Crippen LogP contribution in [0, 0.1) is 11.3 Å². The molecule has 0 aromatic carbocycles. The zero-order chi connectivity index (χ0) is 13.0. The van der Waals surface area contributed by atoms with E-state index in [1.165, 1.54) is 36.9 Å². The van der Waals surface area contributed by atoms with E-state index < -0.39 is 5.97 Å². The fourth-order valence-corrected chi connectivity index (χ4v) is 1.31. The van der Waals surface area contributed by atoms with Gasteiger partial charge in [0.05, 0.1) is 18.0 Å². The molecule has 0 radical (unpaired) electrons. The normalized spacial score (nSPS) is 9.50. The number of aromatic carboxylic acids is 1. The van der Waals surface area contributed by atoms with Gasteiger partial charge in [0.25, 0.3) is 0 Å². The van der Waals surface area contributed by atoms with E-state index in [0.717, 1.165) is 0 Å². The van der Waals surface area contributed by atoms with Gasteiger partial charge in [-0.3, -0.25) is 9.97 Å². The standard InChI is InChI=1S/C12H7N3O3/c13-5-8-1-3-14-6-10(8)18-11-7-15-4-2-9(11)12(16)17/h1-4,6-7H,(H,16,17). The summed E-state index contributed by atoms with van der Waals surface area (Å²) in [6.07, 6.45) is 5.42. The molecule has 2 rings (SSSR count). The number of nitriles is 1. The lowest BCUT2D eigenvalue weighted by molar-refractivity contribution is 0.0694. The van der Waals surface area contributed by atoms with Gasteiger partial charge in [-0.15, -0.1) is 0 Å². The van der Waals surface area contributed by atoms with Crippen LogP contribution >= 0.6 is 0 Å². The molecule has 0 aliphatic carbocycles. The van der Waals surface area contributed by atoms with Crippen molar-refractivity contribution in [2.24, 2.45) is 0 Å². The number of carbonyl (C=O) groups is 1. The quantitative estimate of drug-likeness (QED) is 0.880. The van der Waals surface area contributed by atoms with E-state index in [-0.39, 0.29) is 22.6 Å². The van der Waals surface area contributed by atoms with Crippen LogP contribution in [0.15, 0.2) is 36.9 Å². The van der Waals surface area contributed by atoms with Crippen molar-refractivity contribution >= 4 is 5.97 Å². The van der Waals surface area contributed by atoms with Crippen molar-refractivity contribution in [3.63, 3.8) is 0 Å². The van der Waals surface area contributed by atoms with Crippen molar-refractivity contribution in [2.45, 2.75) is 0 Å². The molecule has 6 heteroatoms. The Balaban J connectivity index is 2.41. The van der Waals surface area contributed by atoms with Crippen molar-refractivity contribution in [2.75, 3.05) is 0 Å². The highest BCUT2D eigenvalue weighted by Crippen LogP contribution is 2.26. The molecule has 0 saturated heterocycles. The first-order valence-corrected chi connectivity index (χ1v) is 4.91. The maximum atomic E-state index is 11.0. The van der Waals surface area contributed by atoms with Crippen LogP contribution in [-0.4, -0.2) is 21.0 Å². The van der Waals surface area contributed by atoms with E-state index >= 15 is 0 Å². The molecule has 0 spiro atoms. The molecule has 18 heavy (non-hydrogen) atoms. The Labute approximate surface area is 102 Å². The number of hydrogen-bond donors (Lipinski definition) is 1. The summed E-state index contributed by atoms with van der Waals surface area (Å²) in [5.74, 6) is -0.875. The molecule has 2 aromatic heterocycles. The Hall–Kier alpha value is -2.94. The van der Waals surface area contributed by atoms with Crippen LogP contribution in [0.25, 0.3) is 0 Å². The summed E-state index contributed by atoms with van der Waals surface area (Å²) < 4.78 is 5.36. The third-order valence-corrected chi connectivity index (χ3v) is 2.14. The topological polar surface area (TPSA) is 96.1 Å². The molecule has 0 aliphatic heterocycles. The number of hydrogen-bond acceptors (Lipinski definition) is 5. The number of carboxylic acids is 1. The van der Waals surface area contributed by atoms with Gasteiger partial charge >= 0.3 is 5.97 Å². The number of rotatable bonds is 3. The fourth-order valence-electron chi connectivity index (χ4n) is 1.31. The monoisotopic (exact) mass is 241 g/mol. The highest BCUT2D eigenvalue weighted by atomic mass is 16.5. The highest BCUT2D eigenvalue weighted by molar-refractivity contribution is 5.90. The van der Waals surface area contributed by atoms with Gasteiger partial charge in [-0.2, -0.15) is 5.26 Å². The average Bonchev–Trinajstić information content (AvgIpc) is 2.40. The minimum absolute atomic E-state index is 0.0299. The SMILES string of the molecule is N#Cc1ccncc1Oc1cnccc1C(=O)O. The molecular weight excluding hydrogens is 234 g/mol. The smallest absolute Gasteiger partial charge is 0.339 e. The summed E-state index contributed by atoms with van der Waals surface area (Å²) in [5.41, 5.74) is 0.239. The Morgan fingerprint density at radius 2 is 1.89 bits per heavy atom. The molecule has 6 nitrogen and oxygen atoms in total. The van der Waals surface area contributed by atoms with Crippen LogP contribution in [0.3, 0.4) is 0 Å². The molecule has 0 bridgehead atoms. The van der Waals surface area contributed by atoms with Crippen molar-refractivity contribution in [3.05, 3.63) is 48.0 Å². The number of nitrogens with zero attached hydrogens (tertiary/aromatic N) is 3. The third-order valence-electron chi connectivity index (χ3n) is 2.14. The van der Waals surface area contributed by atoms with Crippen molar-refractivity contribution < 1.29 is 14.6 Å². The van der Waals surface area contributed by atoms with E-state index in [0.29, 0.717) is 0 Å². The molecule has 0 amide bonds. The summed E-state index contributed by atoms with van der Waals surface area (Å²) in [6.45, 7) is 0. The second-order valence-corrected chi connectivity index (χ2v) is 3.26. The first kappa shape index (κ1) is 11.5. The van der Waals surface area contributed by atoms with Crippen molar-refractivity contribution in [3.8, 4) is 17.6 Å². The maximum absolute atomic E-state index is 11.0. The number of pyridine rings is 2. The maximum Gasteiger partial charge on any atom is 0.339 e. The predicted octanol–water partition coefficient (Wildman–Crippen LogP) is 1.84. The molecule has 2 heterocycles. The van der Waals surface area contributed by atoms with Gasteiger partial charge in [0.1, 0.15) is 11.6 Å². The average molecular weight is 241 g/mol. The summed E-state index contributed by atoms with van der Waals surface area (Å²) in [5, 5.41) is 17.9. The van der Waals surface area contributed by atoms with Crippen molar-refractivity contribution in [1.29, 1.82) is 5.26 Å². The van der Waals surface area contributed by atoms with Crippen LogP contribution in [0.4, 0.5) is 0 Å². The first-order valence-electron chi connectivity index (χ1n) is 4.91. The van der Waals surface area contributed by atoms with E-state index in [1.54, 1.807) is 0 Å². The fraction of sp³-hybridized carbons (Fsp3) is 0. The van der Waals surface area contributed by atoms with E-state index in [4.69, 9.17) is 15.1 Å². The van der Waals surface area contributed by atoms with Crippen LogP contribution < -0.4 is 4.74 Å². The van der Waals surface area contributed by atoms with Crippen LogP contribution in [0.2, 0.25) is 0 Å². The minimum Gasteiger partial charge on any atom is -0.478 e. The molecule has 2 aromatic rings. The van der Waals surface area contributed by atoms with Crippen LogP contribution in [-0.2, 0) is 0 Å². The zero-order valence-corrected chi connectivity index (χ0v) is 9.07. The molecule has 1 N–H and O–H groups in total. The molecule has 0 unspecified atom stereocenters. The lowest BCUT2D eigenvalue weighted by Gasteiger charge is -2.08. The molecular formula is C12H7N3O3. The Kier molecular flexibility index (Phi) is 3.16. The van der Waals surface area contributed by atoms with Gasteiger partial charge < -0.3 is 9.84 Å². The van der Waals surface area contributed by atoms with Gasteiger partial charge in [0, 0.05) is 12.4 Å². The summed E-state index contributed by atoms with van der Waals surface area (Å²) in [6, 6.07) is 4.73. The number of carboxylic acid groups (broad SMARTS) is 1. The van der Waals surface area contributed by atoms with E-state index in [1.807, 2.05) is 6.07 Å².